The molecule has 9 heteroatoms. The number of amides is 3. The Morgan fingerprint density at radius 1 is 1.11 bits per heavy atom. The van der Waals surface area contributed by atoms with Crippen LogP contribution in [0.3, 0.4) is 0 Å². The molecule has 0 atom stereocenters. The number of anilines is 2. The van der Waals surface area contributed by atoms with Crippen molar-refractivity contribution in [3.05, 3.63) is 75.2 Å². The van der Waals surface area contributed by atoms with Crippen molar-refractivity contribution in [2.24, 2.45) is 0 Å². The number of aromatic nitrogens is 1. The van der Waals surface area contributed by atoms with Crippen LogP contribution in [0.15, 0.2) is 53.9 Å². The number of benzene rings is 2. The Labute approximate surface area is 215 Å². The smallest absolute Gasteiger partial charge is 0.322 e. The molecule has 0 bridgehead atoms. The van der Waals surface area contributed by atoms with Crippen molar-refractivity contribution >= 4 is 46.3 Å². The second-order valence-electron chi connectivity index (χ2n) is 8.85. The molecule has 2 heterocycles. The molecule has 1 saturated heterocycles. The Kier molecular flexibility index (Phi) is 7.93. The molecule has 3 amide bonds. The number of hydrogen-bond donors (Lipinski definition) is 1. The average molecular weight is 512 g/mol. The first kappa shape index (κ1) is 25.0. The van der Waals surface area contributed by atoms with Crippen LogP contribution in [0.5, 0.6) is 0 Å². The van der Waals surface area contributed by atoms with Crippen molar-refractivity contribution in [2.45, 2.75) is 33.4 Å². The lowest BCUT2D eigenvalue weighted by atomic mass is 10.1. The van der Waals surface area contributed by atoms with E-state index >= 15 is 0 Å². The van der Waals surface area contributed by atoms with Crippen LogP contribution in [0.2, 0.25) is 5.02 Å². The predicted molar refractivity (Wildman–Crippen MR) is 143 cm³/mol. The van der Waals surface area contributed by atoms with Crippen LogP contribution < -0.4 is 10.2 Å². The summed E-state index contributed by atoms with van der Waals surface area (Å²) in [6.07, 6.45) is 0. The van der Waals surface area contributed by atoms with Crippen molar-refractivity contribution in [3.63, 3.8) is 0 Å². The number of rotatable bonds is 6. The van der Waals surface area contributed by atoms with E-state index in [4.69, 9.17) is 11.6 Å². The van der Waals surface area contributed by atoms with Gasteiger partial charge in [0.15, 0.2) is 0 Å². The normalized spacial score (nSPS) is 13.7. The van der Waals surface area contributed by atoms with Gasteiger partial charge in [0.25, 0.3) is 5.91 Å². The van der Waals surface area contributed by atoms with Crippen LogP contribution in [0, 0.1) is 6.92 Å². The Morgan fingerprint density at radius 3 is 2.54 bits per heavy atom. The number of piperazine rings is 1. The van der Waals surface area contributed by atoms with Crippen LogP contribution >= 0.6 is 22.9 Å². The molecule has 2 aromatic carbocycles. The van der Waals surface area contributed by atoms with Gasteiger partial charge in [-0.1, -0.05) is 35.9 Å². The molecule has 0 saturated carbocycles. The van der Waals surface area contributed by atoms with Gasteiger partial charge in [0.2, 0.25) is 0 Å². The van der Waals surface area contributed by atoms with Crippen molar-refractivity contribution in [1.82, 2.24) is 14.8 Å². The molecule has 0 spiro atoms. The molecule has 0 aliphatic carbocycles. The molecule has 3 aromatic rings. The molecule has 0 unspecified atom stereocenters. The minimum atomic E-state index is -0.238. The molecule has 7 nitrogen and oxygen atoms in total. The standard InChI is InChI=1S/C26H30ClN5O2S/c1-18(2)32(26(34)28-21-9-6-8-20(27)15-21)16-24-29-22(17-35-24)25(33)31-13-11-30(12-14-31)23-10-5-4-7-19(23)3/h4-10,15,17-18H,11-14,16H2,1-3H3,(H,28,34). The van der Waals surface area contributed by atoms with Crippen LogP contribution in [0.1, 0.15) is 34.9 Å². The van der Waals surface area contributed by atoms with E-state index in [2.05, 4.69) is 34.3 Å². The maximum absolute atomic E-state index is 13.1. The van der Waals surface area contributed by atoms with Gasteiger partial charge in [-0.25, -0.2) is 9.78 Å². The summed E-state index contributed by atoms with van der Waals surface area (Å²) in [5, 5.41) is 5.96. The number of carbonyl (C=O) groups is 2. The molecule has 1 N–H and O–H groups in total. The summed E-state index contributed by atoms with van der Waals surface area (Å²) in [4.78, 5) is 36.4. The number of hydrogen-bond acceptors (Lipinski definition) is 5. The molecule has 4 rings (SSSR count). The first-order valence-corrected chi connectivity index (χ1v) is 12.9. The predicted octanol–water partition coefficient (Wildman–Crippen LogP) is 5.51. The van der Waals surface area contributed by atoms with Crippen molar-refractivity contribution in [2.75, 3.05) is 36.4 Å². The van der Waals surface area contributed by atoms with Gasteiger partial charge in [-0.2, -0.15) is 0 Å². The van der Waals surface area contributed by atoms with E-state index in [-0.39, 0.29) is 18.0 Å². The third-order valence-corrected chi connectivity index (χ3v) is 7.13. The van der Waals surface area contributed by atoms with E-state index < -0.39 is 0 Å². The molecular weight excluding hydrogens is 482 g/mol. The van der Waals surface area contributed by atoms with Crippen LogP contribution in [-0.2, 0) is 6.54 Å². The lowest BCUT2D eigenvalue weighted by Crippen LogP contribution is -2.49. The second kappa shape index (κ2) is 11.1. The Hall–Kier alpha value is -3.10. The molecule has 1 aromatic heterocycles. The van der Waals surface area contributed by atoms with E-state index in [1.54, 1.807) is 34.5 Å². The summed E-state index contributed by atoms with van der Waals surface area (Å²) in [5.74, 6) is -0.0589. The number of urea groups is 1. The molecule has 35 heavy (non-hydrogen) atoms. The third kappa shape index (κ3) is 6.13. The summed E-state index contributed by atoms with van der Waals surface area (Å²) in [5.41, 5.74) is 3.53. The van der Waals surface area contributed by atoms with E-state index in [1.165, 1.54) is 22.6 Å². The zero-order chi connectivity index (χ0) is 24.9. The Morgan fingerprint density at radius 2 is 1.86 bits per heavy atom. The van der Waals surface area contributed by atoms with Gasteiger partial charge in [-0.3, -0.25) is 4.79 Å². The van der Waals surface area contributed by atoms with Crippen LogP contribution in [-0.4, -0.2) is 58.9 Å². The fourth-order valence-corrected chi connectivity index (χ4v) is 5.06. The van der Waals surface area contributed by atoms with Crippen molar-refractivity contribution in [3.8, 4) is 0 Å². The number of carbonyl (C=O) groups excluding carboxylic acids is 2. The topological polar surface area (TPSA) is 68.8 Å². The average Bonchev–Trinajstić information content (AvgIpc) is 3.31. The van der Waals surface area contributed by atoms with E-state index in [0.29, 0.717) is 36.0 Å². The van der Waals surface area contributed by atoms with Gasteiger partial charge >= 0.3 is 6.03 Å². The molecular formula is C26H30ClN5O2S. The largest absolute Gasteiger partial charge is 0.368 e. The van der Waals surface area contributed by atoms with Crippen LogP contribution in [0.25, 0.3) is 0 Å². The number of nitrogens with one attached hydrogen (secondary N) is 1. The molecule has 184 valence electrons. The van der Waals surface area contributed by atoms with Gasteiger partial charge in [-0.05, 0) is 50.6 Å². The van der Waals surface area contributed by atoms with Gasteiger partial charge in [0.1, 0.15) is 10.7 Å². The minimum Gasteiger partial charge on any atom is -0.368 e. The molecule has 1 aliphatic rings. The lowest BCUT2D eigenvalue weighted by molar-refractivity contribution is 0.0741. The van der Waals surface area contributed by atoms with E-state index in [0.717, 1.165) is 18.1 Å². The summed E-state index contributed by atoms with van der Waals surface area (Å²) in [7, 11) is 0. The summed E-state index contributed by atoms with van der Waals surface area (Å²) in [6.45, 7) is 9.22. The highest BCUT2D eigenvalue weighted by Gasteiger charge is 2.25. The monoisotopic (exact) mass is 511 g/mol. The molecule has 1 aliphatic heterocycles. The zero-order valence-electron chi connectivity index (χ0n) is 20.2. The van der Waals surface area contributed by atoms with Crippen molar-refractivity contribution < 1.29 is 9.59 Å². The maximum Gasteiger partial charge on any atom is 0.322 e. The van der Waals surface area contributed by atoms with Gasteiger partial charge in [0, 0.05) is 54.0 Å². The van der Waals surface area contributed by atoms with Gasteiger partial charge < -0.3 is 20.0 Å². The molecule has 0 radical (unpaired) electrons. The lowest BCUT2D eigenvalue weighted by Gasteiger charge is -2.36. The van der Waals surface area contributed by atoms with Crippen LogP contribution in [0.4, 0.5) is 16.2 Å². The van der Waals surface area contributed by atoms with Crippen molar-refractivity contribution in [1.29, 1.82) is 0 Å². The first-order valence-electron chi connectivity index (χ1n) is 11.7. The maximum atomic E-state index is 13.1. The summed E-state index contributed by atoms with van der Waals surface area (Å²) < 4.78 is 0. The number of thiazole rings is 1. The number of aryl methyl sites for hydroxylation is 1. The van der Waals surface area contributed by atoms with E-state index in [9.17, 15) is 9.59 Å². The highest BCUT2D eigenvalue weighted by Crippen LogP contribution is 2.22. The SMILES string of the molecule is Cc1ccccc1N1CCN(C(=O)c2csc(CN(C(=O)Nc3cccc(Cl)c3)C(C)C)n2)CC1. The number of halogens is 1. The zero-order valence-corrected chi connectivity index (χ0v) is 21.8. The third-order valence-electron chi connectivity index (χ3n) is 6.06. The second-order valence-corrected chi connectivity index (χ2v) is 10.2. The quantitative estimate of drug-likeness (QED) is 0.474. The highest BCUT2D eigenvalue weighted by molar-refractivity contribution is 7.09. The Balaban J connectivity index is 1.36. The number of para-hydroxylation sites is 1. The first-order chi connectivity index (χ1) is 16.8. The van der Waals surface area contributed by atoms with Gasteiger partial charge in [-0.15, -0.1) is 11.3 Å². The number of nitrogens with zero attached hydrogens (tertiary/aromatic N) is 4. The summed E-state index contributed by atoms with van der Waals surface area (Å²) in [6, 6.07) is 15.1. The summed E-state index contributed by atoms with van der Waals surface area (Å²) >= 11 is 7.43. The Bertz CT molecular complexity index is 1190. The minimum absolute atomic E-state index is 0.0493. The fourth-order valence-electron chi connectivity index (χ4n) is 4.11. The highest BCUT2D eigenvalue weighted by atomic mass is 35.5. The van der Waals surface area contributed by atoms with E-state index in [1.807, 2.05) is 30.9 Å². The molecule has 1 fully saturated rings. The fraction of sp³-hybridized carbons (Fsp3) is 0.346. The van der Waals surface area contributed by atoms with Gasteiger partial charge in [0.05, 0.1) is 6.54 Å².